The van der Waals surface area contributed by atoms with Crippen LogP contribution in [-0.2, 0) is 16.1 Å². The number of hydrogen-bond donors (Lipinski definition) is 2. The van der Waals surface area contributed by atoms with Crippen LogP contribution in [0.4, 0.5) is 0 Å². The molecule has 2 aromatic rings. The molecule has 9 heteroatoms. The Balaban J connectivity index is 2.36. The van der Waals surface area contributed by atoms with Crippen LogP contribution < -0.4 is 10.1 Å². The lowest BCUT2D eigenvalue weighted by Crippen LogP contribution is -2.25. The largest absolute Gasteiger partial charge is 0.481 e. The maximum absolute atomic E-state index is 12.2. The Hall–Kier alpha value is -2.26. The van der Waals surface area contributed by atoms with Crippen molar-refractivity contribution in [3.8, 4) is 5.88 Å². The first-order chi connectivity index (χ1) is 11.0. The van der Waals surface area contributed by atoms with E-state index in [2.05, 4.69) is 15.3 Å². The fraction of sp³-hybridized carbons (Fsp3) is 0.429. The van der Waals surface area contributed by atoms with Crippen molar-refractivity contribution in [1.82, 2.24) is 15.3 Å². The molecule has 0 aliphatic heterocycles. The van der Waals surface area contributed by atoms with Crippen LogP contribution in [-0.4, -0.2) is 47.7 Å². The zero-order valence-electron chi connectivity index (χ0n) is 13.0. The first kappa shape index (κ1) is 17.1. The van der Waals surface area contributed by atoms with Crippen molar-refractivity contribution in [3.05, 3.63) is 16.3 Å². The minimum atomic E-state index is -0.963. The highest BCUT2D eigenvalue weighted by Crippen LogP contribution is 2.34. The second kappa shape index (κ2) is 7.34. The van der Waals surface area contributed by atoms with Gasteiger partial charge in [0.1, 0.15) is 11.4 Å². The number of carbonyl (C=O) groups is 2. The fourth-order valence-electron chi connectivity index (χ4n) is 2.07. The Morgan fingerprint density at radius 1 is 1.30 bits per heavy atom. The number of hydrogen-bond acceptors (Lipinski definition) is 7. The smallest absolute Gasteiger partial charge is 0.305 e. The van der Waals surface area contributed by atoms with E-state index in [1.165, 1.54) is 18.4 Å². The van der Waals surface area contributed by atoms with E-state index >= 15 is 0 Å². The second-order valence-corrected chi connectivity index (χ2v) is 5.72. The summed E-state index contributed by atoms with van der Waals surface area (Å²) < 4.78 is 10.3. The van der Waals surface area contributed by atoms with E-state index in [4.69, 9.17) is 14.6 Å². The number of methoxy groups -OCH3 is 2. The number of aliphatic carboxylic acids is 1. The molecular weight excluding hydrogens is 322 g/mol. The molecule has 2 heterocycles. The van der Waals surface area contributed by atoms with Gasteiger partial charge in [-0.15, -0.1) is 11.3 Å². The molecule has 2 N–H and O–H groups in total. The van der Waals surface area contributed by atoms with Crippen molar-refractivity contribution >= 4 is 33.4 Å². The van der Waals surface area contributed by atoms with E-state index in [-0.39, 0.29) is 25.5 Å². The normalized spacial score (nSPS) is 10.7. The lowest BCUT2D eigenvalue weighted by Gasteiger charge is -2.05. The van der Waals surface area contributed by atoms with Crippen LogP contribution >= 0.6 is 11.3 Å². The van der Waals surface area contributed by atoms with Crippen molar-refractivity contribution in [3.63, 3.8) is 0 Å². The van der Waals surface area contributed by atoms with E-state index in [0.29, 0.717) is 32.4 Å². The number of aryl methyl sites for hydroxylation is 1. The number of thiophene rings is 1. The number of nitrogens with one attached hydrogen (secondary N) is 1. The number of nitrogens with zero attached hydrogens (tertiary/aromatic N) is 2. The molecule has 0 bridgehead atoms. The van der Waals surface area contributed by atoms with Gasteiger partial charge in [0.2, 0.25) is 5.88 Å². The van der Waals surface area contributed by atoms with E-state index in [9.17, 15) is 9.59 Å². The summed E-state index contributed by atoms with van der Waals surface area (Å²) in [7, 11) is 3.04. The number of fused-ring (bicyclic) bond motifs is 1. The molecule has 2 aromatic heterocycles. The van der Waals surface area contributed by atoms with E-state index in [1.807, 2.05) is 0 Å². The van der Waals surface area contributed by atoms with Gasteiger partial charge in [-0.2, -0.15) is 4.98 Å². The summed E-state index contributed by atoms with van der Waals surface area (Å²) in [6, 6.07) is 0. The minimum absolute atomic E-state index is 0.0690. The van der Waals surface area contributed by atoms with Crippen LogP contribution in [0.2, 0.25) is 0 Å². The first-order valence-electron chi connectivity index (χ1n) is 6.80. The van der Waals surface area contributed by atoms with Crippen molar-refractivity contribution in [1.29, 1.82) is 0 Å². The number of amides is 1. The summed E-state index contributed by atoms with van der Waals surface area (Å²) in [5.74, 6) is -0.437. The zero-order valence-corrected chi connectivity index (χ0v) is 13.8. The standard InChI is InChI=1S/C14H17N3O5S/c1-7-10-13(22-3)16-8(6-21-2)17-14(10)23-11(7)12(20)15-5-4-9(18)19/h4-6H2,1-3H3,(H,15,20)(H,18,19). The third-order valence-electron chi connectivity index (χ3n) is 3.10. The maximum Gasteiger partial charge on any atom is 0.305 e. The fourth-order valence-corrected chi connectivity index (χ4v) is 3.17. The van der Waals surface area contributed by atoms with Gasteiger partial charge in [-0.3, -0.25) is 9.59 Å². The van der Waals surface area contributed by atoms with Crippen LogP contribution in [0, 0.1) is 6.92 Å². The van der Waals surface area contributed by atoms with E-state index in [0.717, 1.165) is 0 Å². The molecule has 0 aromatic carbocycles. The predicted octanol–water partition coefficient (Wildman–Crippen LogP) is 1.36. The molecule has 0 radical (unpaired) electrons. The highest BCUT2D eigenvalue weighted by Gasteiger charge is 2.21. The molecule has 0 spiro atoms. The van der Waals surface area contributed by atoms with Gasteiger partial charge in [-0.1, -0.05) is 0 Å². The van der Waals surface area contributed by atoms with Crippen LogP contribution in [0.1, 0.15) is 27.5 Å². The highest BCUT2D eigenvalue weighted by atomic mass is 32.1. The minimum Gasteiger partial charge on any atom is -0.481 e. The number of carboxylic acid groups (broad SMARTS) is 1. The average molecular weight is 339 g/mol. The molecule has 0 aliphatic rings. The molecule has 124 valence electrons. The summed E-state index contributed by atoms with van der Waals surface area (Å²) in [6.45, 7) is 2.09. The maximum atomic E-state index is 12.2. The topological polar surface area (TPSA) is 111 Å². The summed E-state index contributed by atoms with van der Waals surface area (Å²) in [6.07, 6.45) is -0.128. The zero-order chi connectivity index (χ0) is 17.0. The van der Waals surface area contributed by atoms with E-state index < -0.39 is 5.97 Å². The van der Waals surface area contributed by atoms with Gasteiger partial charge in [0.15, 0.2) is 5.82 Å². The van der Waals surface area contributed by atoms with E-state index in [1.54, 1.807) is 14.0 Å². The SMILES string of the molecule is COCc1nc(OC)c2c(C)c(C(=O)NCCC(=O)O)sc2n1. The first-order valence-corrected chi connectivity index (χ1v) is 7.62. The quantitative estimate of drug-likeness (QED) is 0.783. The van der Waals surface area contributed by atoms with Crippen molar-refractivity contribution in [2.45, 2.75) is 20.0 Å². The lowest BCUT2D eigenvalue weighted by molar-refractivity contribution is -0.136. The van der Waals surface area contributed by atoms with Crippen LogP contribution in [0.25, 0.3) is 10.2 Å². The van der Waals surface area contributed by atoms with Crippen LogP contribution in [0.3, 0.4) is 0 Å². The molecule has 0 saturated heterocycles. The van der Waals surface area contributed by atoms with Gasteiger partial charge < -0.3 is 19.9 Å². The summed E-state index contributed by atoms with van der Waals surface area (Å²) in [5.41, 5.74) is 0.707. The van der Waals surface area contributed by atoms with Crippen LogP contribution in [0.15, 0.2) is 0 Å². The van der Waals surface area contributed by atoms with Crippen LogP contribution in [0.5, 0.6) is 5.88 Å². The predicted molar refractivity (Wildman–Crippen MR) is 84.0 cm³/mol. The van der Waals surface area contributed by atoms with Gasteiger partial charge in [0.05, 0.1) is 23.8 Å². The van der Waals surface area contributed by atoms with Gasteiger partial charge >= 0.3 is 5.97 Å². The number of rotatable bonds is 7. The Labute approximate surface area is 136 Å². The van der Waals surface area contributed by atoms with Gasteiger partial charge in [-0.25, -0.2) is 4.98 Å². The molecule has 0 unspecified atom stereocenters. The Kier molecular flexibility index (Phi) is 5.45. The van der Waals surface area contributed by atoms with Crippen molar-refractivity contribution < 1.29 is 24.2 Å². The molecular formula is C14H17N3O5S. The molecule has 0 atom stereocenters. The third kappa shape index (κ3) is 3.74. The van der Waals surface area contributed by atoms with Gasteiger partial charge in [0.25, 0.3) is 5.91 Å². The molecule has 0 aliphatic carbocycles. The molecule has 0 fully saturated rings. The third-order valence-corrected chi connectivity index (χ3v) is 4.29. The number of aromatic nitrogens is 2. The van der Waals surface area contributed by atoms with Crippen molar-refractivity contribution in [2.24, 2.45) is 0 Å². The molecule has 8 nitrogen and oxygen atoms in total. The summed E-state index contributed by atoms with van der Waals surface area (Å²) in [4.78, 5) is 32.5. The Morgan fingerprint density at radius 3 is 2.65 bits per heavy atom. The van der Waals surface area contributed by atoms with Gasteiger partial charge in [-0.05, 0) is 12.5 Å². The Morgan fingerprint density at radius 2 is 2.04 bits per heavy atom. The average Bonchev–Trinajstić information content (AvgIpc) is 2.83. The molecule has 2 rings (SSSR count). The van der Waals surface area contributed by atoms with Crippen molar-refractivity contribution in [2.75, 3.05) is 20.8 Å². The number of carboxylic acids is 1. The molecule has 0 saturated carbocycles. The highest BCUT2D eigenvalue weighted by molar-refractivity contribution is 7.20. The second-order valence-electron chi connectivity index (χ2n) is 4.72. The monoisotopic (exact) mass is 339 g/mol. The Bertz CT molecular complexity index is 744. The summed E-state index contributed by atoms with van der Waals surface area (Å²) in [5, 5.41) is 11.9. The number of carbonyl (C=O) groups excluding carboxylic acids is 1. The lowest BCUT2D eigenvalue weighted by atomic mass is 10.2. The number of ether oxygens (including phenoxy) is 2. The molecule has 1 amide bonds. The molecule has 23 heavy (non-hydrogen) atoms. The summed E-state index contributed by atoms with van der Waals surface area (Å²) >= 11 is 1.21. The van der Waals surface area contributed by atoms with Gasteiger partial charge in [0, 0.05) is 13.7 Å².